The summed E-state index contributed by atoms with van der Waals surface area (Å²) in [7, 11) is 0. The lowest BCUT2D eigenvalue weighted by Crippen LogP contribution is -2.41. The first-order valence-electron chi connectivity index (χ1n) is 9.59. The van der Waals surface area contributed by atoms with Gasteiger partial charge in [0.2, 0.25) is 17.8 Å². The molecule has 8 heteroatoms. The highest BCUT2D eigenvalue weighted by atomic mass is 16.2. The van der Waals surface area contributed by atoms with Gasteiger partial charge in [-0.3, -0.25) is 19.4 Å². The molecule has 1 aromatic heterocycles. The molecule has 2 aromatic rings. The van der Waals surface area contributed by atoms with Crippen molar-refractivity contribution >= 4 is 29.3 Å². The molecule has 0 spiro atoms. The van der Waals surface area contributed by atoms with Crippen molar-refractivity contribution in [1.82, 2.24) is 9.97 Å². The number of anilines is 3. The molecule has 146 valence electrons. The van der Waals surface area contributed by atoms with E-state index in [-0.39, 0.29) is 35.3 Å². The Morgan fingerprint density at radius 3 is 2.75 bits per heavy atom. The van der Waals surface area contributed by atoms with E-state index in [0.717, 1.165) is 25.8 Å². The van der Waals surface area contributed by atoms with E-state index in [1.54, 1.807) is 24.3 Å². The van der Waals surface area contributed by atoms with Gasteiger partial charge in [-0.05, 0) is 38.3 Å². The summed E-state index contributed by atoms with van der Waals surface area (Å²) in [4.78, 5) is 47.2. The van der Waals surface area contributed by atoms with Gasteiger partial charge >= 0.3 is 0 Å². The lowest BCUT2D eigenvalue weighted by atomic mass is 9.92. The molecule has 4 rings (SSSR count). The molecule has 2 amide bonds. The Morgan fingerprint density at radius 1 is 1.21 bits per heavy atom. The highest BCUT2D eigenvalue weighted by molar-refractivity contribution is 6.04. The van der Waals surface area contributed by atoms with Gasteiger partial charge < -0.3 is 15.5 Å². The molecule has 2 aliphatic heterocycles. The fraction of sp³-hybridized carbons (Fsp3) is 0.400. The summed E-state index contributed by atoms with van der Waals surface area (Å²) in [5, 5.41) is 5.44. The molecule has 0 aliphatic carbocycles. The molecule has 3 N–H and O–H groups in total. The summed E-state index contributed by atoms with van der Waals surface area (Å²) in [5.74, 6) is -0.973. The van der Waals surface area contributed by atoms with Crippen LogP contribution in [0.1, 0.15) is 44.1 Å². The standard InChI is InChI=1S/C20H23N5O3/c1-12-7-5-6-10-25(12)20-23-17-16(19(28)24-20)14(11-15(26)22-17)18(27)21-13-8-3-2-4-9-13/h2-4,8-9,12,14H,5-7,10-11H2,1H3,(H,21,27)(H2,22,23,24,26,28). The second kappa shape index (κ2) is 7.46. The lowest BCUT2D eigenvalue weighted by molar-refractivity contribution is -0.123. The van der Waals surface area contributed by atoms with Gasteiger partial charge in [-0.1, -0.05) is 18.2 Å². The molecule has 0 saturated carbocycles. The number of nitrogens with zero attached hydrogens (tertiary/aromatic N) is 2. The lowest BCUT2D eigenvalue weighted by Gasteiger charge is -2.34. The van der Waals surface area contributed by atoms with Crippen LogP contribution in [0.2, 0.25) is 0 Å². The number of aromatic nitrogens is 2. The first-order valence-corrected chi connectivity index (χ1v) is 9.59. The molecular formula is C20H23N5O3. The van der Waals surface area contributed by atoms with E-state index >= 15 is 0 Å². The molecule has 2 atom stereocenters. The molecule has 2 unspecified atom stereocenters. The molecule has 1 saturated heterocycles. The third-order valence-corrected chi connectivity index (χ3v) is 5.37. The Bertz CT molecular complexity index is 956. The van der Waals surface area contributed by atoms with Crippen LogP contribution < -0.4 is 21.1 Å². The normalized spacial score (nSPS) is 21.6. The van der Waals surface area contributed by atoms with Crippen LogP contribution in [0.3, 0.4) is 0 Å². The van der Waals surface area contributed by atoms with E-state index in [4.69, 9.17) is 0 Å². The zero-order valence-corrected chi connectivity index (χ0v) is 15.7. The van der Waals surface area contributed by atoms with Crippen LogP contribution in [-0.2, 0) is 9.59 Å². The van der Waals surface area contributed by atoms with E-state index in [9.17, 15) is 14.4 Å². The van der Waals surface area contributed by atoms with Crippen molar-refractivity contribution in [3.05, 3.63) is 46.2 Å². The molecule has 2 aliphatic rings. The van der Waals surface area contributed by atoms with E-state index in [1.165, 1.54) is 0 Å². The average molecular weight is 381 g/mol. The molecule has 1 aromatic carbocycles. The smallest absolute Gasteiger partial charge is 0.258 e. The van der Waals surface area contributed by atoms with Crippen LogP contribution in [0.5, 0.6) is 0 Å². The number of H-pyrrole nitrogens is 1. The number of amides is 2. The molecule has 28 heavy (non-hydrogen) atoms. The van der Waals surface area contributed by atoms with Crippen molar-refractivity contribution in [3.63, 3.8) is 0 Å². The van der Waals surface area contributed by atoms with Gasteiger partial charge in [0.05, 0.1) is 11.5 Å². The summed E-state index contributed by atoms with van der Waals surface area (Å²) in [6, 6.07) is 9.22. The van der Waals surface area contributed by atoms with Gasteiger partial charge in [0, 0.05) is 24.7 Å². The van der Waals surface area contributed by atoms with E-state index in [1.807, 2.05) is 11.0 Å². The summed E-state index contributed by atoms with van der Waals surface area (Å²) in [6.07, 6.45) is 3.11. The van der Waals surface area contributed by atoms with Gasteiger partial charge in [0.1, 0.15) is 5.82 Å². The van der Waals surface area contributed by atoms with Crippen LogP contribution in [-0.4, -0.2) is 34.4 Å². The van der Waals surface area contributed by atoms with Crippen molar-refractivity contribution < 1.29 is 9.59 Å². The Morgan fingerprint density at radius 2 is 2.00 bits per heavy atom. The molecule has 0 radical (unpaired) electrons. The van der Waals surface area contributed by atoms with Crippen LogP contribution in [0.15, 0.2) is 35.1 Å². The van der Waals surface area contributed by atoms with E-state index < -0.39 is 11.8 Å². The summed E-state index contributed by atoms with van der Waals surface area (Å²) in [6.45, 7) is 2.89. The largest absolute Gasteiger partial charge is 0.340 e. The topological polar surface area (TPSA) is 107 Å². The maximum Gasteiger partial charge on any atom is 0.258 e. The number of benzene rings is 1. The number of carbonyl (C=O) groups excluding carboxylic acids is 2. The van der Waals surface area contributed by atoms with Gasteiger partial charge in [-0.2, -0.15) is 4.98 Å². The van der Waals surface area contributed by atoms with E-state index in [2.05, 4.69) is 27.5 Å². The number of carbonyl (C=O) groups is 2. The third-order valence-electron chi connectivity index (χ3n) is 5.37. The summed E-state index contributed by atoms with van der Waals surface area (Å²) >= 11 is 0. The molecule has 8 nitrogen and oxygen atoms in total. The first kappa shape index (κ1) is 18.2. The molecule has 1 fully saturated rings. The highest BCUT2D eigenvalue weighted by Gasteiger charge is 2.35. The predicted octanol–water partition coefficient (Wildman–Crippen LogP) is 2.21. The number of nitrogens with one attached hydrogen (secondary N) is 3. The minimum absolute atomic E-state index is 0.0874. The number of fused-ring (bicyclic) bond motifs is 1. The van der Waals surface area contributed by atoms with Gasteiger partial charge in [-0.25, -0.2) is 0 Å². The average Bonchev–Trinajstić information content (AvgIpc) is 2.68. The Kier molecular flexibility index (Phi) is 4.85. The van der Waals surface area contributed by atoms with E-state index in [0.29, 0.717) is 11.6 Å². The van der Waals surface area contributed by atoms with Crippen molar-refractivity contribution in [1.29, 1.82) is 0 Å². The van der Waals surface area contributed by atoms with Crippen LogP contribution in [0, 0.1) is 0 Å². The number of hydrogen-bond donors (Lipinski definition) is 3. The Hall–Kier alpha value is -3.16. The quantitative estimate of drug-likeness (QED) is 0.756. The predicted molar refractivity (Wildman–Crippen MR) is 107 cm³/mol. The maximum absolute atomic E-state index is 12.9. The minimum atomic E-state index is -0.881. The number of hydrogen-bond acceptors (Lipinski definition) is 5. The zero-order valence-electron chi connectivity index (χ0n) is 15.7. The van der Waals surface area contributed by atoms with Crippen LogP contribution >= 0.6 is 0 Å². The molecule has 3 heterocycles. The number of piperidine rings is 1. The monoisotopic (exact) mass is 381 g/mol. The van der Waals surface area contributed by atoms with Crippen molar-refractivity contribution in [3.8, 4) is 0 Å². The maximum atomic E-state index is 12.9. The van der Waals surface area contributed by atoms with Crippen molar-refractivity contribution in [2.24, 2.45) is 0 Å². The zero-order chi connectivity index (χ0) is 19.7. The summed E-state index contributed by atoms with van der Waals surface area (Å²) < 4.78 is 0. The van der Waals surface area contributed by atoms with Crippen LogP contribution in [0.4, 0.5) is 17.5 Å². The number of rotatable bonds is 3. The van der Waals surface area contributed by atoms with Crippen molar-refractivity contribution in [2.45, 2.75) is 44.6 Å². The van der Waals surface area contributed by atoms with Gasteiger partial charge in [-0.15, -0.1) is 0 Å². The SMILES string of the molecule is CC1CCCCN1c1nc2c(c(=O)[nH]1)C(C(=O)Nc1ccccc1)CC(=O)N2. The summed E-state index contributed by atoms with van der Waals surface area (Å²) in [5.41, 5.74) is 0.440. The second-order valence-electron chi connectivity index (χ2n) is 7.35. The number of para-hydroxylation sites is 1. The van der Waals surface area contributed by atoms with Crippen molar-refractivity contribution in [2.75, 3.05) is 22.1 Å². The Labute approximate surface area is 162 Å². The third kappa shape index (κ3) is 3.49. The highest BCUT2D eigenvalue weighted by Crippen LogP contribution is 2.31. The van der Waals surface area contributed by atoms with Crippen LogP contribution in [0.25, 0.3) is 0 Å². The van der Waals surface area contributed by atoms with Gasteiger partial charge in [0.15, 0.2) is 0 Å². The Balaban J connectivity index is 1.67. The minimum Gasteiger partial charge on any atom is -0.340 e. The fourth-order valence-corrected chi connectivity index (χ4v) is 3.88. The fourth-order valence-electron chi connectivity index (χ4n) is 3.88. The van der Waals surface area contributed by atoms with Gasteiger partial charge in [0.25, 0.3) is 5.56 Å². The number of aromatic amines is 1. The molecular weight excluding hydrogens is 358 g/mol. The molecule has 0 bridgehead atoms. The second-order valence-corrected chi connectivity index (χ2v) is 7.35. The first-order chi connectivity index (χ1) is 13.5.